The summed E-state index contributed by atoms with van der Waals surface area (Å²) in [7, 11) is 0. The number of imide groups is 2. The maximum atomic E-state index is 14.2. The molecule has 4 amide bonds. The number of hydrogen-bond donors (Lipinski definition) is 2. The standard InChI is InChI=1S/C21H17ClFN3O4/c22-9-11-4-5-12(14(23)8-11)10-24-15-3-1-2-13-18(15)21(30)26(20(13)29)16-6-7-17(27)25-19(16)28/h1-5,8,16,24H,6-7,9-10H2,(H,25,27,28). The zero-order valence-corrected chi connectivity index (χ0v) is 16.5. The van der Waals surface area contributed by atoms with Crippen LogP contribution in [0, 0.1) is 5.82 Å². The van der Waals surface area contributed by atoms with E-state index < -0.39 is 35.5 Å². The predicted octanol–water partition coefficient (Wildman–Crippen LogP) is 2.58. The maximum absolute atomic E-state index is 14.2. The highest BCUT2D eigenvalue weighted by Gasteiger charge is 2.45. The van der Waals surface area contributed by atoms with Gasteiger partial charge < -0.3 is 5.32 Å². The molecule has 1 atom stereocenters. The maximum Gasteiger partial charge on any atom is 0.264 e. The first-order valence-electron chi connectivity index (χ1n) is 9.32. The van der Waals surface area contributed by atoms with Crippen LogP contribution >= 0.6 is 11.6 Å². The molecule has 0 aliphatic carbocycles. The van der Waals surface area contributed by atoms with E-state index in [9.17, 15) is 23.6 Å². The Morgan fingerprint density at radius 1 is 1.13 bits per heavy atom. The third-order valence-corrected chi connectivity index (χ3v) is 5.52. The summed E-state index contributed by atoms with van der Waals surface area (Å²) in [5, 5.41) is 5.17. The molecule has 9 heteroatoms. The molecule has 0 spiro atoms. The number of nitrogens with one attached hydrogen (secondary N) is 2. The van der Waals surface area contributed by atoms with Crippen LogP contribution in [0.15, 0.2) is 36.4 Å². The quantitative estimate of drug-likeness (QED) is 0.562. The van der Waals surface area contributed by atoms with Gasteiger partial charge in [0.15, 0.2) is 0 Å². The average molecular weight is 430 g/mol. The summed E-state index contributed by atoms with van der Waals surface area (Å²) >= 11 is 5.71. The summed E-state index contributed by atoms with van der Waals surface area (Å²) in [5.41, 5.74) is 1.68. The molecule has 2 heterocycles. The second-order valence-corrected chi connectivity index (χ2v) is 7.36. The minimum Gasteiger partial charge on any atom is -0.380 e. The summed E-state index contributed by atoms with van der Waals surface area (Å²) in [6, 6.07) is 8.34. The van der Waals surface area contributed by atoms with E-state index >= 15 is 0 Å². The Kier molecular flexibility index (Phi) is 5.26. The van der Waals surface area contributed by atoms with Gasteiger partial charge in [0.25, 0.3) is 11.8 Å². The molecule has 0 bridgehead atoms. The van der Waals surface area contributed by atoms with Crippen molar-refractivity contribution in [3.63, 3.8) is 0 Å². The third-order valence-electron chi connectivity index (χ3n) is 5.21. The molecule has 2 aliphatic heterocycles. The van der Waals surface area contributed by atoms with Crippen LogP contribution in [0.1, 0.15) is 44.7 Å². The first-order valence-corrected chi connectivity index (χ1v) is 9.86. The Bertz CT molecular complexity index is 1090. The molecule has 30 heavy (non-hydrogen) atoms. The summed E-state index contributed by atoms with van der Waals surface area (Å²) in [6.45, 7) is 0.0880. The molecule has 1 saturated heterocycles. The fourth-order valence-electron chi connectivity index (χ4n) is 3.67. The van der Waals surface area contributed by atoms with E-state index in [1.165, 1.54) is 12.1 Å². The topological polar surface area (TPSA) is 95.6 Å². The number of alkyl halides is 1. The Morgan fingerprint density at radius 3 is 2.63 bits per heavy atom. The zero-order valence-electron chi connectivity index (χ0n) is 15.7. The van der Waals surface area contributed by atoms with Gasteiger partial charge in [-0.05, 0) is 30.2 Å². The van der Waals surface area contributed by atoms with E-state index in [-0.39, 0.29) is 36.4 Å². The van der Waals surface area contributed by atoms with Crippen molar-refractivity contribution in [3.8, 4) is 0 Å². The number of benzene rings is 2. The van der Waals surface area contributed by atoms with Crippen LogP contribution in [0.4, 0.5) is 10.1 Å². The van der Waals surface area contributed by atoms with Crippen LogP contribution in [-0.2, 0) is 22.0 Å². The molecule has 154 valence electrons. The Balaban J connectivity index is 1.59. The van der Waals surface area contributed by atoms with Gasteiger partial charge in [0, 0.05) is 30.1 Å². The molecule has 0 radical (unpaired) electrons. The van der Waals surface area contributed by atoms with Crippen LogP contribution in [0.3, 0.4) is 0 Å². The first kappa shape index (κ1) is 20.0. The van der Waals surface area contributed by atoms with Gasteiger partial charge in [0.2, 0.25) is 11.8 Å². The van der Waals surface area contributed by atoms with E-state index in [0.717, 1.165) is 4.90 Å². The summed E-state index contributed by atoms with van der Waals surface area (Å²) in [5.74, 6) is -2.55. The summed E-state index contributed by atoms with van der Waals surface area (Å²) in [4.78, 5) is 50.3. The number of piperidine rings is 1. The van der Waals surface area contributed by atoms with E-state index in [4.69, 9.17) is 11.6 Å². The lowest BCUT2D eigenvalue weighted by Crippen LogP contribution is -2.54. The lowest BCUT2D eigenvalue weighted by Gasteiger charge is -2.27. The minimum absolute atomic E-state index is 0.0481. The van der Waals surface area contributed by atoms with Crippen LogP contribution in [-0.4, -0.2) is 34.6 Å². The van der Waals surface area contributed by atoms with Crippen molar-refractivity contribution in [3.05, 3.63) is 64.5 Å². The van der Waals surface area contributed by atoms with Crippen molar-refractivity contribution in [2.45, 2.75) is 31.3 Å². The molecule has 0 aromatic heterocycles. The Labute approximate surface area is 176 Å². The Morgan fingerprint density at radius 2 is 1.93 bits per heavy atom. The monoisotopic (exact) mass is 429 g/mol. The number of hydrogen-bond acceptors (Lipinski definition) is 5. The Hall–Kier alpha value is -3.26. The fourth-order valence-corrected chi connectivity index (χ4v) is 3.84. The van der Waals surface area contributed by atoms with Gasteiger partial charge in [0.1, 0.15) is 11.9 Å². The normalized spacial score (nSPS) is 18.5. The van der Waals surface area contributed by atoms with Gasteiger partial charge in [-0.2, -0.15) is 0 Å². The number of amides is 4. The van der Waals surface area contributed by atoms with E-state index in [2.05, 4.69) is 10.6 Å². The van der Waals surface area contributed by atoms with E-state index in [1.807, 2.05) is 0 Å². The molecule has 4 rings (SSSR count). The van der Waals surface area contributed by atoms with Gasteiger partial charge in [-0.1, -0.05) is 18.2 Å². The largest absolute Gasteiger partial charge is 0.380 e. The summed E-state index contributed by atoms with van der Waals surface area (Å²) in [6.07, 6.45) is 0.128. The molecular formula is C21H17ClFN3O4. The number of carbonyl (C=O) groups excluding carboxylic acids is 4. The fraction of sp³-hybridized carbons (Fsp3) is 0.238. The van der Waals surface area contributed by atoms with Crippen LogP contribution < -0.4 is 10.6 Å². The molecule has 2 aromatic rings. The van der Waals surface area contributed by atoms with E-state index in [0.29, 0.717) is 16.8 Å². The average Bonchev–Trinajstić information content (AvgIpc) is 2.98. The second-order valence-electron chi connectivity index (χ2n) is 7.09. The molecule has 7 nitrogen and oxygen atoms in total. The minimum atomic E-state index is -1.04. The molecule has 1 unspecified atom stereocenters. The summed E-state index contributed by atoms with van der Waals surface area (Å²) < 4.78 is 14.2. The van der Waals surface area contributed by atoms with Gasteiger partial charge in [-0.15, -0.1) is 11.6 Å². The van der Waals surface area contributed by atoms with Crippen molar-refractivity contribution in [2.24, 2.45) is 0 Å². The SMILES string of the molecule is O=C1CCC(N2C(=O)c3cccc(NCc4ccc(CCl)cc4F)c3C2=O)C(=O)N1. The van der Waals surface area contributed by atoms with E-state index in [1.54, 1.807) is 24.3 Å². The number of fused-ring (bicyclic) bond motifs is 1. The van der Waals surface area contributed by atoms with Crippen molar-refractivity contribution in [2.75, 3.05) is 5.32 Å². The smallest absolute Gasteiger partial charge is 0.264 e. The first-order chi connectivity index (χ1) is 14.4. The van der Waals surface area contributed by atoms with Crippen molar-refractivity contribution >= 4 is 40.9 Å². The lowest BCUT2D eigenvalue weighted by atomic mass is 10.0. The molecular weight excluding hydrogens is 413 g/mol. The number of carbonyl (C=O) groups is 4. The van der Waals surface area contributed by atoms with Crippen molar-refractivity contribution in [1.82, 2.24) is 10.2 Å². The van der Waals surface area contributed by atoms with Gasteiger partial charge in [0.05, 0.1) is 11.1 Å². The van der Waals surface area contributed by atoms with Gasteiger partial charge in [-0.25, -0.2) is 4.39 Å². The molecule has 1 fully saturated rings. The lowest BCUT2D eigenvalue weighted by molar-refractivity contribution is -0.136. The van der Waals surface area contributed by atoms with Crippen LogP contribution in [0.2, 0.25) is 0 Å². The van der Waals surface area contributed by atoms with Crippen molar-refractivity contribution < 1.29 is 23.6 Å². The van der Waals surface area contributed by atoms with Gasteiger partial charge >= 0.3 is 0 Å². The number of nitrogens with zero attached hydrogens (tertiary/aromatic N) is 1. The predicted molar refractivity (Wildman–Crippen MR) is 106 cm³/mol. The number of halogens is 2. The number of anilines is 1. The van der Waals surface area contributed by atoms with Crippen LogP contribution in [0.25, 0.3) is 0 Å². The zero-order chi connectivity index (χ0) is 21.4. The third kappa shape index (κ3) is 3.43. The molecule has 2 aliphatic rings. The molecule has 0 saturated carbocycles. The highest BCUT2D eigenvalue weighted by molar-refractivity contribution is 6.25. The number of rotatable bonds is 5. The van der Waals surface area contributed by atoms with Gasteiger partial charge in [-0.3, -0.25) is 29.4 Å². The molecule has 2 N–H and O–H groups in total. The molecule has 2 aromatic carbocycles. The highest BCUT2D eigenvalue weighted by atomic mass is 35.5. The van der Waals surface area contributed by atoms with Crippen LogP contribution in [0.5, 0.6) is 0 Å². The second kappa shape index (κ2) is 7.87. The van der Waals surface area contributed by atoms with Crippen molar-refractivity contribution in [1.29, 1.82) is 0 Å². The highest BCUT2D eigenvalue weighted by Crippen LogP contribution is 2.32.